The van der Waals surface area contributed by atoms with Crippen molar-refractivity contribution < 1.29 is 4.79 Å². The Morgan fingerprint density at radius 1 is 1.55 bits per heavy atom. The number of aromatic amines is 1. The van der Waals surface area contributed by atoms with Gasteiger partial charge in [0, 0.05) is 28.1 Å². The van der Waals surface area contributed by atoms with Crippen molar-refractivity contribution in [2.75, 3.05) is 20.1 Å². The van der Waals surface area contributed by atoms with Gasteiger partial charge in [-0.1, -0.05) is 0 Å². The van der Waals surface area contributed by atoms with E-state index in [2.05, 4.69) is 38.1 Å². The van der Waals surface area contributed by atoms with Crippen molar-refractivity contribution in [1.29, 1.82) is 0 Å². The molecule has 1 aliphatic heterocycles. The summed E-state index contributed by atoms with van der Waals surface area (Å²) >= 11 is 2.25. The first-order valence-electron chi connectivity index (χ1n) is 6.79. The number of likely N-dealkylation sites (tertiary alicyclic amines) is 1. The minimum absolute atomic E-state index is 0.0261. The van der Waals surface area contributed by atoms with E-state index in [0.717, 1.165) is 40.4 Å². The average Bonchev–Trinajstić information content (AvgIpc) is 2.89. The summed E-state index contributed by atoms with van der Waals surface area (Å²) in [4.78, 5) is 14.6. The van der Waals surface area contributed by atoms with Crippen molar-refractivity contribution in [2.45, 2.75) is 18.9 Å². The van der Waals surface area contributed by atoms with Crippen molar-refractivity contribution in [2.24, 2.45) is 0 Å². The SMILES string of the molecule is CNC1CCCN(C(=O)c2n[nH]c3ccc(I)cc23)C1. The third kappa shape index (κ3) is 2.54. The maximum absolute atomic E-state index is 12.7. The number of nitrogens with zero attached hydrogens (tertiary/aromatic N) is 2. The quantitative estimate of drug-likeness (QED) is 0.779. The number of H-pyrrole nitrogens is 1. The number of halogens is 1. The Labute approximate surface area is 131 Å². The number of hydrogen-bond donors (Lipinski definition) is 2. The van der Waals surface area contributed by atoms with E-state index in [4.69, 9.17) is 0 Å². The lowest BCUT2D eigenvalue weighted by atomic mass is 10.1. The summed E-state index contributed by atoms with van der Waals surface area (Å²) in [6.07, 6.45) is 2.16. The Hall–Kier alpha value is -1.15. The molecule has 0 spiro atoms. The second-order valence-electron chi connectivity index (χ2n) is 5.14. The van der Waals surface area contributed by atoms with Gasteiger partial charge < -0.3 is 10.2 Å². The molecular weight excluding hydrogens is 367 g/mol. The van der Waals surface area contributed by atoms with Gasteiger partial charge in [0.15, 0.2) is 5.69 Å². The van der Waals surface area contributed by atoms with E-state index in [1.54, 1.807) is 0 Å². The number of fused-ring (bicyclic) bond motifs is 1. The molecule has 1 aromatic heterocycles. The number of nitrogens with one attached hydrogen (secondary N) is 2. The van der Waals surface area contributed by atoms with Crippen LogP contribution in [0.5, 0.6) is 0 Å². The summed E-state index contributed by atoms with van der Waals surface area (Å²) in [5.41, 5.74) is 1.45. The van der Waals surface area contributed by atoms with Gasteiger partial charge in [0.05, 0.1) is 5.52 Å². The molecule has 6 heteroatoms. The van der Waals surface area contributed by atoms with Gasteiger partial charge in [-0.2, -0.15) is 5.10 Å². The van der Waals surface area contributed by atoms with Gasteiger partial charge in [-0.15, -0.1) is 0 Å². The molecule has 2 heterocycles. The third-order valence-corrected chi connectivity index (χ3v) is 4.52. The van der Waals surface area contributed by atoms with Crippen molar-refractivity contribution in [1.82, 2.24) is 20.4 Å². The minimum atomic E-state index is 0.0261. The molecular formula is C14H17IN4O. The zero-order chi connectivity index (χ0) is 14.1. The van der Waals surface area contributed by atoms with Crippen molar-refractivity contribution in [3.05, 3.63) is 27.5 Å². The zero-order valence-electron chi connectivity index (χ0n) is 11.3. The number of piperidine rings is 1. The highest BCUT2D eigenvalue weighted by atomic mass is 127. The number of likely N-dealkylation sites (N-methyl/N-ethyl adjacent to an activating group) is 1. The molecule has 0 bridgehead atoms. The Balaban J connectivity index is 1.90. The summed E-state index contributed by atoms with van der Waals surface area (Å²) in [6.45, 7) is 1.57. The lowest BCUT2D eigenvalue weighted by Gasteiger charge is -2.32. The second kappa shape index (κ2) is 5.69. The topological polar surface area (TPSA) is 61.0 Å². The molecule has 1 saturated heterocycles. The molecule has 1 aromatic carbocycles. The number of aromatic nitrogens is 2. The van der Waals surface area contributed by atoms with Crippen LogP contribution < -0.4 is 5.32 Å². The van der Waals surface area contributed by atoms with Crippen molar-refractivity contribution in [3.63, 3.8) is 0 Å². The fraction of sp³-hybridized carbons (Fsp3) is 0.429. The molecule has 20 heavy (non-hydrogen) atoms. The lowest BCUT2D eigenvalue weighted by molar-refractivity contribution is 0.0694. The van der Waals surface area contributed by atoms with Crippen LogP contribution in [-0.2, 0) is 0 Å². The molecule has 0 aliphatic carbocycles. The van der Waals surface area contributed by atoms with Gasteiger partial charge in [0.1, 0.15) is 0 Å². The van der Waals surface area contributed by atoms with E-state index in [0.29, 0.717) is 11.7 Å². The molecule has 5 nitrogen and oxygen atoms in total. The molecule has 1 unspecified atom stereocenters. The first kappa shape index (κ1) is 13.8. The van der Waals surface area contributed by atoms with Crippen LogP contribution in [0.25, 0.3) is 10.9 Å². The Morgan fingerprint density at radius 3 is 3.20 bits per heavy atom. The Morgan fingerprint density at radius 2 is 2.40 bits per heavy atom. The normalized spacial score (nSPS) is 19.5. The summed E-state index contributed by atoms with van der Waals surface area (Å²) in [5.74, 6) is 0.0261. The van der Waals surface area contributed by atoms with Crippen LogP contribution in [0.3, 0.4) is 0 Å². The van der Waals surface area contributed by atoms with Crippen LogP contribution in [0.4, 0.5) is 0 Å². The molecule has 106 valence electrons. The van der Waals surface area contributed by atoms with E-state index in [1.165, 1.54) is 0 Å². The van der Waals surface area contributed by atoms with Gasteiger partial charge in [0.2, 0.25) is 0 Å². The fourth-order valence-electron chi connectivity index (χ4n) is 2.70. The molecule has 1 amide bonds. The number of hydrogen-bond acceptors (Lipinski definition) is 3. The van der Waals surface area contributed by atoms with E-state index < -0.39 is 0 Å². The van der Waals surface area contributed by atoms with Crippen LogP contribution in [0.15, 0.2) is 18.2 Å². The number of carbonyl (C=O) groups excluding carboxylic acids is 1. The van der Waals surface area contributed by atoms with Crippen LogP contribution in [0.1, 0.15) is 23.3 Å². The molecule has 0 saturated carbocycles. The third-order valence-electron chi connectivity index (χ3n) is 3.84. The minimum Gasteiger partial charge on any atom is -0.336 e. The lowest BCUT2D eigenvalue weighted by Crippen LogP contribution is -2.47. The number of benzene rings is 1. The first-order chi connectivity index (χ1) is 9.69. The highest BCUT2D eigenvalue weighted by Crippen LogP contribution is 2.21. The van der Waals surface area contributed by atoms with Gasteiger partial charge in [0.25, 0.3) is 5.91 Å². The molecule has 1 atom stereocenters. The maximum Gasteiger partial charge on any atom is 0.275 e. The van der Waals surface area contributed by atoms with Gasteiger partial charge in [-0.05, 0) is 60.7 Å². The fourth-order valence-corrected chi connectivity index (χ4v) is 3.19. The predicted octanol–water partition coefficient (Wildman–Crippen LogP) is 1.99. The molecule has 1 fully saturated rings. The first-order valence-corrected chi connectivity index (χ1v) is 7.87. The van der Waals surface area contributed by atoms with Crippen molar-refractivity contribution >= 4 is 39.4 Å². The summed E-state index contributed by atoms with van der Waals surface area (Å²) in [6, 6.07) is 6.37. The standard InChI is InChI=1S/C14H17IN4O/c1-16-10-3-2-6-19(8-10)14(20)13-11-7-9(15)4-5-12(11)17-18-13/h4-5,7,10,16H,2-3,6,8H2,1H3,(H,17,18). The molecule has 3 rings (SSSR count). The number of amides is 1. The number of carbonyl (C=O) groups is 1. The van der Waals surface area contributed by atoms with E-state index in [-0.39, 0.29) is 5.91 Å². The van der Waals surface area contributed by atoms with Crippen LogP contribution >= 0.6 is 22.6 Å². The van der Waals surface area contributed by atoms with Gasteiger partial charge >= 0.3 is 0 Å². The van der Waals surface area contributed by atoms with E-state index in [1.807, 2.05) is 30.1 Å². The molecule has 2 N–H and O–H groups in total. The Bertz CT molecular complexity index is 639. The zero-order valence-corrected chi connectivity index (χ0v) is 13.5. The smallest absolute Gasteiger partial charge is 0.275 e. The predicted molar refractivity (Wildman–Crippen MR) is 86.8 cm³/mol. The summed E-state index contributed by atoms with van der Waals surface area (Å²) < 4.78 is 1.11. The van der Waals surface area contributed by atoms with Crippen LogP contribution in [0, 0.1) is 3.57 Å². The van der Waals surface area contributed by atoms with Crippen LogP contribution in [-0.4, -0.2) is 47.2 Å². The van der Waals surface area contributed by atoms with E-state index in [9.17, 15) is 4.79 Å². The average molecular weight is 384 g/mol. The summed E-state index contributed by atoms with van der Waals surface area (Å²) in [7, 11) is 1.95. The second-order valence-corrected chi connectivity index (χ2v) is 6.39. The monoisotopic (exact) mass is 384 g/mol. The molecule has 0 radical (unpaired) electrons. The van der Waals surface area contributed by atoms with Crippen molar-refractivity contribution in [3.8, 4) is 0 Å². The van der Waals surface area contributed by atoms with Gasteiger partial charge in [-0.3, -0.25) is 9.89 Å². The van der Waals surface area contributed by atoms with Crippen LogP contribution in [0.2, 0.25) is 0 Å². The highest BCUT2D eigenvalue weighted by molar-refractivity contribution is 14.1. The largest absolute Gasteiger partial charge is 0.336 e. The molecule has 2 aromatic rings. The number of rotatable bonds is 2. The Kier molecular flexibility index (Phi) is 3.93. The van der Waals surface area contributed by atoms with E-state index >= 15 is 0 Å². The van der Waals surface area contributed by atoms with Gasteiger partial charge in [-0.25, -0.2) is 0 Å². The maximum atomic E-state index is 12.7. The highest BCUT2D eigenvalue weighted by Gasteiger charge is 2.26. The summed E-state index contributed by atoms with van der Waals surface area (Å²) in [5, 5.41) is 11.3. The molecule has 1 aliphatic rings.